The van der Waals surface area contributed by atoms with Crippen LogP contribution in [-0.2, 0) is 27.2 Å². The number of aliphatic carboxylic acids is 1. The van der Waals surface area contributed by atoms with Gasteiger partial charge in [-0.1, -0.05) is 24.3 Å². The molecular weight excluding hydrogens is 684 g/mol. The number of piperidine rings is 1. The van der Waals surface area contributed by atoms with Crippen LogP contribution in [0.3, 0.4) is 0 Å². The first-order valence-electron chi connectivity index (χ1n) is 16.0. The fourth-order valence-corrected chi connectivity index (χ4v) is 6.44. The maximum Gasteiger partial charge on any atom is 0.410 e. The van der Waals surface area contributed by atoms with Crippen LogP contribution in [-0.4, -0.2) is 124 Å². The third-order valence-electron chi connectivity index (χ3n) is 8.78. The smallest absolute Gasteiger partial charge is 0.410 e. The fraction of sp³-hybridized carbons (Fsp3) is 0.441. The molecule has 0 radical (unpaired) electrons. The number of carbonyl (C=O) groups is 4. The number of carboxylic acid groups (broad SMARTS) is 1. The average Bonchev–Trinajstić information content (AvgIpc) is 3.25. The third-order valence-corrected chi connectivity index (χ3v) is 9.42. The fourth-order valence-electron chi connectivity index (χ4n) is 6.01. The Hall–Kier alpha value is -4.61. The van der Waals surface area contributed by atoms with Crippen molar-refractivity contribution in [2.45, 2.75) is 44.2 Å². The predicted octanol–water partition coefficient (Wildman–Crippen LogP) is 3.71. The van der Waals surface area contributed by atoms with Gasteiger partial charge < -0.3 is 35.0 Å². The van der Waals surface area contributed by atoms with E-state index < -0.39 is 24.1 Å². The van der Waals surface area contributed by atoms with Crippen molar-refractivity contribution in [3.63, 3.8) is 0 Å². The summed E-state index contributed by atoms with van der Waals surface area (Å²) >= 11 is 3.28. The maximum absolute atomic E-state index is 13.3. The lowest BCUT2D eigenvalue weighted by Crippen LogP contribution is -2.50. The van der Waals surface area contributed by atoms with Gasteiger partial charge in [-0.15, -0.1) is 0 Å². The highest BCUT2D eigenvalue weighted by atomic mass is 79.9. The quantitative estimate of drug-likeness (QED) is 0.260. The Labute approximate surface area is 287 Å². The normalized spacial score (nSPS) is 17.6. The van der Waals surface area contributed by atoms with Crippen molar-refractivity contribution in [2.24, 2.45) is 4.99 Å². The Bertz CT molecular complexity index is 1610. The zero-order chi connectivity index (χ0) is 34.0. The number of ether oxygens (including phenoxy) is 1. The molecule has 3 aliphatic rings. The standard InChI is InChI=1S/C34H39BrN6O7/c35-27-22-24(6-7-29(27)42)23-30(32(45)36-12-3-13-38-18-20-39(21-19-38)14-11-31(43)44)48-34(47)40-15-9-26(10-16-40)41-17-8-25-4-1-2-5-28(25)37-33(41)46/h1-2,4-7,13,22,26,30,42H,8-11,14-21,23H2,(H,37,46)(H,43,44)/t30-/m1/s1. The van der Waals surface area contributed by atoms with Gasteiger partial charge in [0.2, 0.25) is 0 Å². The molecular formula is C34H39BrN6O7. The molecule has 3 N–H and O–H groups in total. The van der Waals surface area contributed by atoms with Gasteiger partial charge in [-0.2, -0.15) is 4.99 Å². The van der Waals surface area contributed by atoms with E-state index in [0.717, 1.165) is 17.7 Å². The summed E-state index contributed by atoms with van der Waals surface area (Å²) in [4.78, 5) is 61.6. The summed E-state index contributed by atoms with van der Waals surface area (Å²) in [7, 11) is 0. The van der Waals surface area contributed by atoms with Crippen molar-refractivity contribution in [1.82, 2.24) is 19.6 Å². The lowest BCUT2D eigenvalue weighted by atomic mass is 10.0. The Kier molecular flexibility index (Phi) is 11.9. The summed E-state index contributed by atoms with van der Waals surface area (Å²) in [5, 5.41) is 21.8. The number of aromatic hydroxyl groups is 1. The number of hydrogen-bond acceptors (Lipinski definition) is 8. The molecule has 2 aromatic carbocycles. The number of para-hydroxylation sites is 1. The molecule has 0 unspecified atom stereocenters. The summed E-state index contributed by atoms with van der Waals surface area (Å²) in [5.74, 6) is 1.03. The number of carbonyl (C=O) groups excluding carboxylic acids is 3. The Morgan fingerprint density at radius 3 is 2.54 bits per heavy atom. The molecule has 0 spiro atoms. The highest BCUT2D eigenvalue weighted by Crippen LogP contribution is 2.27. The summed E-state index contributed by atoms with van der Waals surface area (Å²) in [6.07, 6.45) is 1.77. The number of nitrogens with zero attached hydrogens (tertiary/aromatic N) is 5. The van der Waals surface area contributed by atoms with Crippen LogP contribution in [0, 0.1) is 0 Å². The van der Waals surface area contributed by atoms with Crippen LogP contribution in [0.15, 0.2) is 63.9 Å². The molecule has 3 heterocycles. The SMILES string of the molecule is O=C(O)CCN1CCN(C=C=C=NC(=O)[C@@H](Cc2ccc(O)c(Br)c2)OC(=O)N2CCC(N3CCc4ccccc4NC3=O)CC2)CC1. The minimum Gasteiger partial charge on any atom is -0.507 e. The number of phenols is 1. The molecule has 254 valence electrons. The minimum atomic E-state index is -1.24. The largest absolute Gasteiger partial charge is 0.507 e. The lowest BCUT2D eigenvalue weighted by Gasteiger charge is -2.37. The van der Waals surface area contributed by atoms with Crippen molar-refractivity contribution in [1.29, 1.82) is 0 Å². The lowest BCUT2D eigenvalue weighted by molar-refractivity contribution is -0.137. The van der Waals surface area contributed by atoms with Crippen molar-refractivity contribution in [3.05, 3.63) is 70.0 Å². The van der Waals surface area contributed by atoms with Crippen LogP contribution in [0.25, 0.3) is 0 Å². The zero-order valence-corrected chi connectivity index (χ0v) is 28.1. The molecule has 5 rings (SSSR count). The summed E-state index contributed by atoms with van der Waals surface area (Å²) in [6.45, 7) is 4.56. The number of fused-ring (bicyclic) bond motifs is 1. The molecule has 14 heteroatoms. The number of hydrogen-bond donors (Lipinski definition) is 3. The van der Waals surface area contributed by atoms with Gasteiger partial charge in [0, 0.05) is 76.4 Å². The van der Waals surface area contributed by atoms with Gasteiger partial charge in [0.1, 0.15) is 5.75 Å². The number of benzene rings is 2. The number of anilines is 1. The van der Waals surface area contributed by atoms with E-state index in [0.29, 0.717) is 75.2 Å². The summed E-state index contributed by atoms with van der Waals surface area (Å²) in [6, 6.07) is 12.3. The molecule has 2 aromatic rings. The van der Waals surface area contributed by atoms with Gasteiger partial charge in [-0.3, -0.25) is 14.5 Å². The number of rotatable bonds is 9. The first kappa shape index (κ1) is 34.7. The topological polar surface area (TPSA) is 155 Å². The number of nitrogens with one attached hydrogen (secondary N) is 1. The summed E-state index contributed by atoms with van der Waals surface area (Å²) in [5.41, 5.74) is 5.33. The van der Waals surface area contributed by atoms with Crippen LogP contribution in [0.2, 0.25) is 0 Å². The number of urea groups is 1. The number of carboxylic acids is 1. The van der Waals surface area contributed by atoms with Crippen LogP contribution < -0.4 is 5.32 Å². The molecule has 1 atom stereocenters. The Morgan fingerprint density at radius 1 is 1.06 bits per heavy atom. The van der Waals surface area contributed by atoms with E-state index in [-0.39, 0.29) is 30.7 Å². The van der Waals surface area contributed by atoms with Crippen LogP contribution in [0.1, 0.15) is 30.4 Å². The van der Waals surface area contributed by atoms with Gasteiger partial charge in [-0.25, -0.2) is 9.59 Å². The monoisotopic (exact) mass is 722 g/mol. The van der Waals surface area contributed by atoms with E-state index in [4.69, 9.17) is 9.84 Å². The Balaban J connectivity index is 1.18. The van der Waals surface area contributed by atoms with Gasteiger partial charge in [0.25, 0.3) is 5.91 Å². The molecule has 2 saturated heterocycles. The molecule has 13 nitrogen and oxygen atoms in total. The number of likely N-dealkylation sites (tertiary alicyclic amines) is 1. The van der Waals surface area contributed by atoms with Crippen molar-refractivity contribution < 1.29 is 34.1 Å². The molecule has 0 aliphatic carbocycles. The zero-order valence-electron chi connectivity index (χ0n) is 26.5. The highest BCUT2D eigenvalue weighted by Gasteiger charge is 2.33. The average molecular weight is 724 g/mol. The first-order chi connectivity index (χ1) is 23.2. The maximum atomic E-state index is 13.3. The second-order valence-corrected chi connectivity index (χ2v) is 12.8. The molecule has 3 aliphatic heterocycles. The third kappa shape index (κ3) is 9.48. The van der Waals surface area contributed by atoms with Gasteiger partial charge in [0.15, 0.2) is 6.10 Å². The summed E-state index contributed by atoms with van der Waals surface area (Å²) < 4.78 is 6.17. The van der Waals surface area contributed by atoms with E-state index >= 15 is 0 Å². The van der Waals surface area contributed by atoms with E-state index in [2.05, 4.69) is 42.7 Å². The number of halogens is 1. The molecule has 4 amide bonds. The van der Waals surface area contributed by atoms with Crippen molar-refractivity contribution in [3.8, 4) is 5.75 Å². The molecule has 0 bridgehead atoms. The van der Waals surface area contributed by atoms with E-state index in [1.165, 1.54) is 6.07 Å². The van der Waals surface area contributed by atoms with Gasteiger partial charge in [-0.05, 0) is 70.2 Å². The van der Waals surface area contributed by atoms with Crippen LogP contribution in [0.5, 0.6) is 5.75 Å². The van der Waals surface area contributed by atoms with Crippen molar-refractivity contribution >= 4 is 51.5 Å². The van der Waals surface area contributed by atoms with E-state index in [1.807, 2.05) is 34.1 Å². The second-order valence-electron chi connectivity index (χ2n) is 12.0. The molecule has 2 fully saturated rings. The van der Waals surface area contributed by atoms with Crippen molar-refractivity contribution in [2.75, 3.05) is 57.7 Å². The highest BCUT2D eigenvalue weighted by molar-refractivity contribution is 9.10. The van der Waals surface area contributed by atoms with Gasteiger partial charge in [0.05, 0.1) is 17.1 Å². The molecule has 48 heavy (non-hydrogen) atoms. The van der Waals surface area contributed by atoms with Gasteiger partial charge >= 0.3 is 18.1 Å². The molecule has 0 saturated carbocycles. The van der Waals surface area contributed by atoms with E-state index in [1.54, 1.807) is 23.2 Å². The minimum absolute atomic E-state index is 0.0294. The first-order valence-corrected chi connectivity index (χ1v) is 16.8. The Morgan fingerprint density at radius 2 is 1.81 bits per heavy atom. The number of amides is 4. The number of aliphatic imine (C=N–C) groups is 1. The second kappa shape index (κ2) is 16.5. The van der Waals surface area contributed by atoms with Crippen LogP contribution in [0.4, 0.5) is 15.3 Å². The van der Waals surface area contributed by atoms with Crippen LogP contribution >= 0.6 is 15.9 Å². The predicted molar refractivity (Wildman–Crippen MR) is 181 cm³/mol. The number of phenolic OH excluding ortho intramolecular Hbond substituents is 1. The molecule has 0 aromatic heterocycles. The number of piperazine rings is 1. The van der Waals surface area contributed by atoms with E-state index in [9.17, 15) is 24.3 Å².